The molecule has 0 amide bonds. The zero-order valence-electron chi connectivity index (χ0n) is 26.2. The molecule has 2 N–H and O–H groups in total. The van der Waals surface area contributed by atoms with Gasteiger partial charge in [0.2, 0.25) is 0 Å². The minimum absolute atomic E-state index is 0. The fraction of sp³-hybridized carbons (Fsp3) is 1.00. The maximum Gasteiger partial charge on any atom is 0.0685 e. The first-order chi connectivity index (χ1) is 18.3. The number of nitrogens with two attached hydrogens (primary N) is 1. The molecule has 0 atom stereocenters. The van der Waals surface area contributed by atoms with Crippen LogP contribution in [0.4, 0.5) is 0 Å². The molecule has 0 bridgehead atoms. The molecule has 0 fully saturated rings. The van der Waals surface area contributed by atoms with Crippen molar-refractivity contribution >= 4 is 17.0 Å². The number of hydrogen-bond donors (Lipinski definition) is 1. The highest BCUT2D eigenvalue weighted by atomic mass is 79.9. The molecular weight excluding hydrogens is 536 g/mol. The summed E-state index contributed by atoms with van der Waals surface area (Å²) < 4.78 is 5.86. The lowest BCUT2D eigenvalue weighted by Gasteiger charge is -2.21. The monoisotopic (exact) mass is 606 g/mol. The maximum atomic E-state index is 6.00. The molecule has 0 spiro atoms. The summed E-state index contributed by atoms with van der Waals surface area (Å²) in [5, 5.41) is 2.06. The van der Waals surface area contributed by atoms with Crippen molar-refractivity contribution in [3.8, 4) is 0 Å². The Labute approximate surface area is 250 Å². The van der Waals surface area contributed by atoms with Gasteiger partial charge in [0.15, 0.2) is 0 Å². The average molecular weight is 608 g/mol. The van der Waals surface area contributed by atoms with Crippen LogP contribution in [-0.4, -0.2) is 44.5 Å². The van der Waals surface area contributed by atoms with Crippen LogP contribution in [-0.2, 0) is 9.57 Å². The van der Waals surface area contributed by atoms with Gasteiger partial charge in [0, 0.05) is 32.8 Å². The smallest absolute Gasteiger partial charge is 0.0685 e. The number of ether oxygens (including phenoxy) is 1. The van der Waals surface area contributed by atoms with Gasteiger partial charge in [-0.3, -0.25) is 4.84 Å². The lowest BCUT2D eigenvalue weighted by Crippen LogP contribution is -2.31. The van der Waals surface area contributed by atoms with E-state index in [0.29, 0.717) is 6.54 Å². The Morgan fingerprint density at radius 1 is 0.421 bits per heavy atom. The molecule has 38 heavy (non-hydrogen) atoms. The van der Waals surface area contributed by atoms with Crippen LogP contribution in [0.1, 0.15) is 174 Å². The van der Waals surface area contributed by atoms with E-state index >= 15 is 0 Å². The van der Waals surface area contributed by atoms with E-state index in [4.69, 9.17) is 15.3 Å². The number of halogens is 1. The summed E-state index contributed by atoms with van der Waals surface area (Å²) in [5.74, 6) is 0. The van der Waals surface area contributed by atoms with Crippen molar-refractivity contribution in [3.05, 3.63) is 0 Å². The van der Waals surface area contributed by atoms with Crippen LogP contribution in [0.2, 0.25) is 0 Å². The Morgan fingerprint density at radius 3 is 1.16 bits per heavy atom. The predicted molar refractivity (Wildman–Crippen MR) is 174 cm³/mol. The van der Waals surface area contributed by atoms with Crippen LogP contribution in [0.25, 0.3) is 0 Å². The second kappa shape index (κ2) is 37.3. The molecule has 0 unspecified atom stereocenters. The molecule has 0 saturated carbocycles. The van der Waals surface area contributed by atoms with E-state index in [1.807, 2.05) is 0 Å². The van der Waals surface area contributed by atoms with E-state index in [1.165, 1.54) is 148 Å². The number of rotatable bonds is 33. The number of hydrogen-bond acceptors (Lipinski definition) is 4. The minimum Gasteiger partial charge on any atom is -0.381 e. The maximum absolute atomic E-state index is 6.00. The summed E-state index contributed by atoms with van der Waals surface area (Å²) in [4.78, 5) is 6.00. The highest BCUT2D eigenvalue weighted by molar-refractivity contribution is 8.93. The molecule has 0 aromatic heterocycles. The highest BCUT2D eigenvalue weighted by Gasteiger charge is 2.04. The summed E-state index contributed by atoms with van der Waals surface area (Å²) in [6.45, 7) is 9.55. The van der Waals surface area contributed by atoms with Gasteiger partial charge in [-0.05, 0) is 19.3 Å². The second-order valence-corrected chi connectivity index (χ2v) is 11.3. The van der Waals surface area contributed by atoms with Gasteiger partial charge in [-0.1, -0.05) is 155 Å². The SMILES string of the molecule is Br.CCCCCCCCCCCCCCOCCCN(CCN)OCCCCCCCCCCCCCC. The molecule has 0 aromatic carbocycles. The van der Waals surface area contributed by atoms with E-state index in [9.17, 15) is 0 Å². The average Bonchev–Trinajstić information content (AvgIpc) is 2.91. The number of unbranched alkanes of at least 4 members (excludes halogenated alkanes) is 22. The lowest BCUT2D eigenvalue weighted by molar-refractivity contribution is -0.160. The Morgan fingerprint density at radius 2 is 0.763 bits per heavy atom. The van der Waals surface area contributed by atoms with Gasteiger partial charge in [0.25, 0.3) is 0 Å². The van der Waals surface area contributed by atoms with Crippen LogP contribution in [0.15, 0.2) is 0 Å². The van der Waals surface area contributed by atoms with Crippen molar-refractivity contribution in [1.82, 2.24) is 5.06 Å². The fourth-order valence-electron chi connectivity index (χ4n) is 5.01. The van der Waals surface area contributed by atoms with Crippen molar-refractivity contribution in [3.63, 3.8) is 0 Å². The molecule has 5 heteroatoms. The normalized spacial score (nSPS) is 11.4. The van der Waals surface area contributed by atoms with Crippen LogP contribution in [0, 0.1) is 0 Å². The van der Waals surface area contributed by atoms with E-state index in [0.717, 1.165) is 45.8 Å². The lowest BCUT2D eigenvalue weighted by atomic mass is 10.1. The molecule has 0 heterocycles. The zero-order chi connectivity index (χ0) is 26.9. The Balaban J connectivity index is 0. The molecule has 0 aliphatic carbocycles. The largest absolute Gasteiger partial charge is 0.381 e. The molecule has 0 aromatic rings. The van der Waals surface area contributed by atoms with Crippen LogP contribution < -0.4 is 5.73 Å². The van der Waals surface area contributed by atoms with Crippen molar-refractivity contribution in [1.29, 1.82) is 0 Å². The summed E-state index contributed by atoms with van der Waals surface area (Å²) >= 11 is 0. The summed E-state index contributed by atoms with van der Waals surface area (Å²) in [6, 6.07) is 0. The summed E-state index contributed by atoms with van der Waals surface area (Å²) in [5.41, 5.74) is 5.78. The molecule has 0 rings (SSSR count). The van der Waals surface area contributed by atoms with E-state index in [1.54, 1.807) is 0 Å². The van der Waals surface area contributed by atoms with Gasteiger partial charge < -0.3 is 10.5 Å². The van der Waals surface area contributed by atoms with Crippen LogP contribution >= 0.6 is 17.0 Å². The topological polar surface area (TPSA) is 47.7 Å². The third-order valence-electron chi connectivity index (χ3n) is 7.49. The van der Waals surface area contributed by atoms with Gasteiger partial charge in [-0.15, -0.1) is 17.0 Å². The molecule has 0 aliphatic heterocycles. The standard InChI is InChI=1S/C33H70N2O2.BrH/c1-3-5-7-9-11-13-15-17-19-21-23-25-31-36-32-27-29-35(30-28-34)37-33-26-24-22-20-18-16-14-12-10-8-6-4-2;/h3-34H2,1-2H3;1H. The van der Waals surface area contributed by atoms with Crippen molar-refractivity contribution < 1.29 is 9.57 Å². The zero-order valence-corrected chi connectivity index (χ0v) is 27.9. The van der Waals surface area contributed by atoms with Crippen LogP contribution in [0.3, 0.4) is 0 Å². The van der Waals surface area contributed by atoms with Gasteiger partial charge >= 0.3 is 0 Å². The molecule has 0 aliphatic rings. The number of hydroxylamine groups is 2. The predicted octanol–water partition coefficient (Wildman–Crippen LogP) is 10.6. The van der Waals surface area contributed by atoms with Crippen LogP contribution in [0.5, 0.6) is 0 Å². The fourth-order valence-corrected chi connectivity index (χ4v) is 5.01. The third-order valence-corrected chi connectivity index (χ3v) is 7.49. The Hall–Kier alpha value is 0.320. The Kier molecular flexibility index (Phi) is 39.7. The Bertz CT molecular complexity index is 401. The summed E-state index contributed by atoms with van der Waals surface area (Å²) in [7, 11) is 0. The molecule has 4 nitrogen and oxygen atoms in total. The van der Waals surface area contributed by atoms with Crippen molar-refractivity contribution in [2.75, 3.05) is 39.5 Å². The molecule has 0 radical (unpaired) electrons. The number of nitrogens with zero attached hydrogens (tertiary/aromatic N) is 1. The van der Waals surface area contributed by atoms with E-state index < -0.39 is 0 Å². The second-order valence-electron chi connectivity index (χ2n) is 11.3. The van der Waals surface area contributed by atoms with E-state index in [-0.39, 0.29) is 17.0 Å². The first-order valence-electron chi connectivity index (χ1n) is 17.0. The van der Waals surface area contributed by atoms with E-state index in [2.05, 4.69) is 18.9 Å². The van der Waals surface area contributed by atoms with Gasteiger partial charge in [-0.25, -0.2) is 0 Å². The highest BCUT2D eigenvalue weighted by Crippen LogP contribution is 2.13. The summed E-state index contributed by atoms with van der Waals surface area (Å²) in [6.07, 6.45) is 34.3. The molecule has 0 saturated heterocycles. The van der Waals surface area contributed by atoms with Crippen molar-refractivity contribution in [2.24, 2.45) is 5.73 Å². The van der Waals surface area contributed by atoms with Gasteiger partial charge in [0.05, 0.1) is 6.61 Å². The first-order valence-corrected chi connectivity index (χ1v) is 17.0. The third kappa shape index (κ3) is 34.3. The van der Waals surface area contributed by atoms with Crippen molar-refractivity contribution in [2.45, 2.75) is 174 Å². The minimum atomic E-state index is 0. The molecule has 232 valence electrons. The van der Waals surface area contributed by atoms with Gasteiger partial charge in [0.1, 0.15) is 0 Å². The quantitative estimate of drug-likeness (QED) is 0.0596. The van der Waals surface area contributed by atoms with Gasteiger partial charge in [-0.2, -0.15) is 5.06 Å². The molecular formula is C33H71BrN2O2. The first kappa shape index (κ1) is 40.5.